The Morgan fingerprint density at radius 2 is 2.00 bits per heavy atom. The van der Waals surface area contributed by atoms with E-state index in [4.69, 9.17) is 5.11 Å². The van der Waals surface area contributed by atoms with Crippen molar-refractivity contribution in [2.24, 2.45) is 0 Å². The standard InChI is InChI=1S/C13H15N3O2/c1-9(2)12-7-14-15-16(12)8-10-3-5-11(6-4-10)13(17)18/h3-7,9H,8H2,1-2H3,(H,17,18). The summed E-state index contributed by atoms with van der Waals surface area (Å²) in [5.74, 6) is -0.552. The fraction of sp³-hybridized carbons (Fsp3) is 0.308. The molecule has 1 aromatic heterocycles. The van der Waals surface area contributed by atoms with E-state index in [9.17, 15) is 4.79 Å². The number of carboxylic acid groups (broad SMARTS) is 1. The van der Waals surface area contributed by atoms with Gasteiger partial charge in [0.1, 0.15) is 0 Å². The van der Waals surface area contributed by atoms with E-state index in [1.807, 2.05) is 4.68 Å². The molecule has 5 nitrogen and oxygen atoms in total. The maximum Gasteiger partial charge on any atom is 0.335 e. The van der Waals surface area contributed by atoms with Crippen LogP contribution in [0.15, 0.2) is 30.5 Å². The van der Waals surface area contributed by atoms with E-state index in [0.717, 1.165) is 11.3 Å². The molecule has 0 amide bonds. The van der Waals surface area contributed by atoms with Gasteiger partial charge in [-0.2, -0.15) is 0 Å². The van der Waals surface area contributed by atoms with Crippen LogP contribution in [0.5, 0.6) is 0 Å². The molecule has 94 valence electrons. The molecule has 1 N–H and O–H groups in total. The van der Waals surface area contributed by atoms with Gasteiger partial charge in [-0.15, -0.1) is 5.10 Å². The zero-order chi connectivity index (χ0) is 13.1. The maximum absolute atomic E-state index is 10.7. The van der Waals surface area contributed by atoms with E-state index in [-0.39, 0.29) is 0 Å². The molecule has 0 bridgehead atoms. The SMILES string of the molecule is CC(C)c1cnnn1Cc1ccc(C(=O)O)cc1. The van der Waals surface area contributed by atoms with Gasteiger partial charge in [-0.25, -0.2) is 9.48 Å². The number of carboxylic acids is 1. The van der Waals surface area contributed by atoms with Crippen LogP contribution in [0.3, 0.4) is 0 Å². The predicted molar refractivity (Wildman–Crippen MR) is 66.6 cm³/mol. The summed E-state index contributed by atoms with van der Waals surface area (Å²) in [7, 11) is 0. The maximum atomic E-state index is 10.7. The third-order valence-corrected chi connectivity index (χ3v) is 2.77. The minimum atomic E-state index is -0.912. The zero-order valence-corrected chi connectivity index (χ0v) is 10.4. The van der Waals surface area contributed by atoms with Crippen LogP contribution in [-0.4, -0.2) is 26.1 Å². The smallest absolute Gasteiger partial charge is 0.335 e. The summed E-state index contributed by atoms with van der Waals surface area (Å²) in [5, 5.41) is 16.8. The largest absolute Gasteiger partial charge is 0.478 e. The lowest BCUT2D eigenvalue weighted by Crippen LogP contribution is -2.08. The van der Waals surface area contributed by atoms with E-state index >= 15 is 0 Å². The molecule has 2 rings (SSSR count). The Labute approximate surface area is 105 Å². The fourth-order valence-corrected chi connectivity index (χ4v) is 1.76. The van der Waals surface area contributed by atoms with E-state index in [2.05, 4.69) is 24.2 Å². The number of carbonyl (C=O) groups is 1. The normalized spacial score (nSPS) is 10.8. The third kappa shape index (κ3) is 2.56. The summed E-state index contributed by atoms with van der Waals surface area (Å²) in [4.78, 5) is 10.7. The highest BCUT2D eigenvalue weighted by Gasteiger charge is 2.08. The van der Waals surface area contributed by atoms with Crippen molar-refractivity contribution in [1.29, 1.82) is 0 Å². The number of hydrogen-bond acceptors (Lipinski definition) is 3. The van der Waals surface area contributed by atoms with Crippen LogP contribution in [0.25, 0.3) is 0 Å². The van der Waals surface area contributed by atoms with Crippen LogP contribution in [-0.2, 0) is 6.54 Å². The Bertz CT molecular complexity index is 544. The van der Waals surface area contributed by atoms with Gasteiger partial charge < -0.3 is 5.11 Å². The van der Waals surface area contributed by atoms with Crippen LogP contribution in [0.2, 0.25) is 0 Å². The average Bonchev–Trinajstić information content (AvgIpc) is 2.78. The molecule has 0 atom stereocenters. The predicted octanol–water partition coefficient (Wildman–Crippen LogP) is 2.15. The van der Waals surface area contributed by atoms with Gasteiger partial charge in [-0.05, 0) is 23.6 Å². The molecule has 0 radical (unpaired) electrons. The second-order valence-electron chi connectivity index (χ2n) is 4.47. The van der Waals surface area contributed by atoms with Crippen molar-refractivity contribution < 1.29 is 9.90 Å². The summed E-state index contributed by atoms with van der Waals surface area (Å²) < 4.78 is 1.83. The molecule has 5 heteroatoms. The molecule has 0 spiro atoms. The topological polar surface area (TPSA) is 68.0 Å². The van der Waals surface area contributed by atoms with Crippen molar-refractivity contribution in [2.75, 3.05) is 0 Å². The summed E-state index contributed by atoms with van der Waals surface area (Å²) in [6.45, 7) is 4.78. The highest BCUT2D eigenvalue weighted by molar-refractivity contribution is 5.87. The number of rotatable bonds is 4. The lowest BCUT2D eigenvalue weighted by atomic mass is 10.1. The highest BCUT2D eigenvalue weighted by atomic mass is 16.4. The summed E-state index contributed by atoms with van der Waals surface area (Å²) in [6.07, 6.45) is 1.76. The van der Waals surface area contributed by atoms with E-state index in [0.29, 0.717) is 18.0 Å². The molecule has 0 aliphatic carbocycles. The van der Waals surface area contributed by atoms with Gasteiger partial charge in [0.2, 0.25) is 0 Å². The first-order valence-corrected chi connectivity index (χ1v) is 5.78. The van der Waals surface area contributed by atoms with Crippen molar-refractivity contribution >= 4 is 5.97 Å². The number of nitrogens with zero attached hydrogens (tertiary/aromatic N) is 3. The molecule has 0 saturated heterocycles. The lowest BCUT2D eigenvalue weighted by Gasteiger charge is -2.08. The van der Waals surface area contributed by atoms with Crippen LogP contribution in [0.1, 0.15) is 41.4 Å². The van der Waals surface area contributed by atoms with Crippen LogP contribution >= 0.6 is 0 Å². The Kier molecular flexibility index (Phi) is 3.41. The molecule has 0 fully saturated rings. The van der Waals surface area contributed by atoms with Crippen molar-refractivity contribution in [3.63, 3.8) is 0 Å². The van der Waals surface area contributed by atoms with Gasteiger partial charge in [-0.3, -0.25) is 0 Å². The Hall–Kier alpha value is -2.17. The van der Waals surface area contributed by atoms with Crippen molar-refractivity contribution in [3.05, 3.63) is 47.3 Å². The first-order chi connectivity index (χ1) is 8.58. The minimum absolute atomic E-state index is 0.293. The molecule has 2 aromatic rings. The molecule has 0 unspecified atom stereocenters. The summed E-state index contributed by atoms with van der Waals surface area (Å²) >= 11 is 0. The molecule has 18 heavy (non-hydrogen) atoms. The fourth-order valence-electron chi connectivity index (χ4n) is 1.76. The molecular weight excluding hydrogens is 230 g/mol. The zero-order valence-electron chi connectivity index (χ0n) is 10.4. The molecule has 0 saturated carbocycles. The van der Waals surface area contributed by atoms with Crippen LogP contribution in [0.4, 0.5) is 0 Å². The molecular formula is C13H15N3O2. The highest BCUT2D eigenvalue weighted by Crippen LogP contribution is 2.14. The van der Waals surface area contributed by atoms with Gasteiger partial charge in [0.05, 0.1) is 24.0 Å². The molecule has 1 aromatic carbocycles. The Balaban J connectivity index is 2.18. The first-order valence-electron chi connectivity index (χ1n) is 5.78. The van der Waals surface area contributed by atoms with Gasteiger partial charge in [0.15, 0.2) is 0 Å². The summed E-state index contributed by atoms with van der Waals surface area (Å²) in [5.41, 5.74) is 2.37. The van der Waals surface area contributed by atoms with Crippen molar-refractivity contribution in [1.82, 2.24) is 15.0 Å². The Morgan fingerprint density at radius 3 is 2.56 bits per heavy atom. The molecule has 0 aliphatic rings. The average molecular weight is 245 g/mol. The number of hydrogen-bond donors (Lipinski definition) is 1. The number of aromatic carboxylic acids is 1. The quantitative estimate of drug-likeness (QED) is 0.896. The van der Waals surface area contributed by atoms with Crippen LogP contribution in [0, 0.1) is 0 Å². The van der Waals surface area contributed by atoms with Gasteiger partial charge >= 0.3 is 5.97 Å². The second-order valence-corrected chi connectivity index (χ2v) is 4.47. The molecule has 1 heterocycles. The van der Waals surface area contributed by atoms with Crippen molar-refractivity contribution in [3.8, 4) is 0 Å². The first kappa shape index (κ1) is 12.3. The van der Waals surface area contributed by atoms with Gasteiger partial charge in [-0.1, -0.05) is 31.2 Å². The van der Waals surface area contributed by atoms with Crippen LogP contribution < -0.4 is 0 Å². The van der Waals surface area contributed by atoms with Crippen molar-refractivity contribution in [2.45, 2.75) is 26.3 Å². The van der Waals surface area contributed by atoms with Gasteiger partial charge in [0.25, 0.3) is 0 Å². The third-order valence-electron chi connectivity index (χ3n) is 2.77. The Morgan fingerprint density at radius 1 is 1.33 bits per heavy atom. The summed E-state index contributed by atoms with van der Waals surface area (Å²) in [6, 6.07) is 6.80. The number of benzene rings is 1. The molecule has 0 aliphatic heterocycles. The minimum Gasteiger partial charge on any atom is -0.478 e. The second kappa shape index (κ2) is 5.00. The van der Waals surface area contributed by atoms with E-state index < -0.39 is 5.97 Å². The van der Waals surface area contributed by atoms with E-state index in [1.165, 1.54) is 0 Å². The van der Waals surface area contributed by atoms with Gasteiger partial charge in [0, 0.05) is 0 Å². The number of aromatic nitrogens is 3. The van der Waals surface area contributed by atoms with E-state index in [1.54, 1.807) is 30.5 Å². The lowest BCUT2D eigenvalue weighted by molar-refractivity contribution is 0.0697. The monoisotopic (exact) mass is 245 g/mol.